The molecule has 27 heavy (non-hydrogen) atoms. The van der Waals surface area contributed by atoms with Gasteiger partial charge in [0.15, 0.2) is 0 Å². The van der Waals surface area contributed by atoms with Crippen LogP contribution in [0.1, 0.15) is 22.7 Å². The summed E-state index contributed by atoms with van der Waals surface area (Å²) in [7, 11) is 3.90. The molecule has 2 aromatic rings. The Labute approximate surface area is 161 Å². The Balaban J connectivity index is 1.60. The number of benzene rings is 2. The highest BCUT2D eigenvalue weighted by molar-refractivity contribution is 5.83. The fraction of sp³-hybridized carbons (Fsp3) is 0.409. The van der Waals surface area contributed by atoms with Crippen molar-refractivity contribution in [3.8, 4) is 0 Å². The quantitative estimate of drug-likeness (QED) is 0.810. The van der Waals surface area contributed by atoms with Crippen molar-refractivity contribution >= 4 is 5.91 Å². The number of halogens is 1. The second kappa shape index (κ2) is 8.63. The highest BCUT2D eigenvalue weighted by atomic mass is 19.1. The van der Waals surface area contributed by atoms with Crippen molar-refractivity contribution in [2.75, 3.05) is 40.3 Å². The molecule has 1 saturated heterocycles. The van der Waals surface area contributed by atoms with Gasteiger partial charge < -0.3 is 4.90 Å². The first-order chi connectivity index (χ1) is 12.9. The van der Waals surface area contributed by atoms with Gasteiger partial charge in [0.2, 0.25) is 5.91 Å². The summed E-state index contributed by atoms with van der Waals surface area (Å²) < 4.78 is 13.0. The number of likely N-dealkylation sites (N-methyl/N-ethyl adjacent to an activating group) is 1. The second-order valence-electron chi connectivity index (χ2n) is 7.50. The van der Waals surface area contributed by atoms with Crippen molar-refractivity contribution in [3.63, 3.8) is 0 Å². The molecule has 1 aliphatic heterocycles. The molecule has 0 aromatic heterocycles. The fourth-order valence-corrected chi connectivity index (χ4v) is 3.56. The van der Waals surface area contributed by atoms with Crippen LogP contribution >= 0.6 is 0 Å². The Kier molecular flexibility index (Phi) is 6.24. The standard InChI is InChI=1S/C22H28FN3O/c1-17-4-8-19(9-5-17)21(24(2)3)22(27)26-14-12-25(13-15-26)16-18-6-10-20(23)11-7-18/h4-11,21H,12-16H2,1-3H3. The molecule has 1 fully saturated rings. The third-order valence-corrected chi connectivity index (χ3v) is 5.15. The predicted molar refractivity (Wildman–Crippen MR) is 106 cm³/mol. The van der Waals surface area contributed by atoms with Crippen LogP contribution in [-0.2, 0) is 11.3 Å². The van der Waals surface area contributed by atoms with Gasteiger partial charge in [0.25, 0.3) is 0 Å². The van der Waals surface area contributed by atoms with Crippen LogP contribution in [-0.4, -0.2) is 60.9 Å². The number of nitrogens with zero attached hydrogens (tertiary/aromatic N) is 3. The van der Waals surface area contributed by atoms with E-state index in [1.807, 2.05) is 48.2 Å². The maximum Gasteiger partial charge on any atom is 0.244 e. The summed E-state index contributed by atoms with van der Waals surface area (Å²) in [4.78, 5) is 19.4. The highest BCUT2D eigenvalue weighted by Gasteiger charge is 2.30. The number of rotatable bonds is 5. The second-order valence-corrected chi connectivity index (χ2v) is 7.50. The zero-order valence-corrected chi connectivity index (χ0v) is 16.4. The van der Waals surface area contributed by atoms with E-state index in [4.69, 9.17) is 0 Å². The van der Waals surface area contributed by atoms with E-state index in [-0.39, 0.29) is 17.8 Å². The van der Waals surface area contributed by atoms with Gasteiger partial charge in [-0.25, -0.2) is 4.39 Å². The van der Waals surface area contributed by atoms with Gasteiger partial charge in [-0.1, -0.05) is 42.0 Å². The number of aryl methyl sites for hydroxylation is 1. The molecule has 5 heteroatoms. The monoisotopic (exact) mass is 369 g/mol. The summed E-state index contributed by atoms with van der Waals surface area (Å²) in [5.74, 6) is -0.0507. The zero-order valence-electron chi connectivity index (χ0n) is 16.4. The first kappa shape index (κ1) is 19.5. The molecule has 0 radical (unpaired) electrons. The van der Waals surface area contributed by atoms with Crippen LogP contribution in [0.25, 0.3) is 0 Å². The molecule has 1 aliphatic rings. The molecule has 3 rings (SSSR count). The Hall–Kier alpha value is -2.24. The third kappa shape index (κ3) is 4.93. The third-order valence-electron chi connectivity index (χ3n) is 5.15. The van der Waals surface area contributed by atoms with Gasteiger partial charge >= 0.3 is 0 Å². The first-order valence-electron chi connectivity index (χ1n) is 9.42. The SMILES string of the molecule is Cc1ccc(C(C(=O)N2CCN(Cc3ccc(F)cc3)CC2)N(C)C)cc1. The highest BCUT2D eigenvalue weighted by Crippen LogP contribution is 2.22. The van der Waals surface area contributed by atoms with Crippen molar-refractivity contribution in [1.29, 1.82) is 0 Å². The van der Waals surface area contributed by atoms with Crippen molar-refractivity contribution in [2.45, 2.75) is 19.5 Å². The van der Waals surface area contributed by atoms with E-state index >= 15 is 0 Å². The van der Waals surface area contributed by atoms with E-state index in [0.717, 1.165) is 43.9 Å². The lowest BCUT2D eigenvalue weighted by Gasteiger charge is -2.37. The molecule has 2 aromatic carbocycles. The van der Waals surface area contributed by atoms with E-state index in [1.165, 1.54) is 17.7 Å². The van der Waals surface area contributed by atoms with Crippen LogP contribution in [0.2, 0.25) is 0 Å². The minimum absolute atomic E-state index is 0.158. The number of carbonyl (C=O) groups is 1. The Morgan fingerprint density at radius 2 is 1.59 bits per heavy atom. The lowest BCUT2D eigenvalue weighted by atomic mass is 10.0. The van der Waals surface area contributed by atoms with Gasteiger partial charge in [0, 0.05) is 32.7 Å². The van der Waals surface area contributed by atoms with Crippen LogP contribution < -0.4 is 0 Å². The summed E-state index contributed by atoms with van der Waals surface area (Å²) in [6.45, 7) is 5.94. The summed E-state index contributed by atoms with van der Waals surface area (Å²) in [5, 5.41) is 0. The minimum atomic E-state index is -0.255. The number of carbonyl (C=O) groups excluding carboxylic acids is 1. The van der Waals surface area contributed by atoms with E-state index in [0.29, 0.717) is 0 Å². The van der Waals surface area contributed by atoms with Gasteiger partial charge in [0.05, 0.1) is 0 Å². The molecule has 1 unspecified atom stereocenters. The lowest BCUT2D eigenvalue weighted by molar-refractivity contribution is -0.138. The molecule has 0 saturated carbocycles. The largest absolute Gasteiger partial charge is 0.338 e. The predicted octanol–water partition coefficient (Wildman–Crippen LogP) is 3.08. The summed E-state index contributed by atoms with van der Waals surface area (Å²) >= 11 is 0. The van der Waals surface area contributed by atoms with Crippen LogP contribution in [0.5, 0.6) is 0 Å². The molecule has 1 amide bonds. The average molecular weight is 369 g/mol. The fourth-order valence-electron chi connectivity index (χ4n) is 3.56. The molecular weight excluding hydrogens is 341 g/mol. The van der Waals surface area contributed by atoms with E-state index < -0.39 is 0 Å². The zero-order chi connectivity index (χ0) is 19.4. The van der Waals surface area contributed by atoms with E-state index in [2.05, 4.69) is 24.0 Å². The smallest absolute Gasteiger partial charge is 0.244 e. The van der Waals surface area contributed by atoms with Gasteiger partial charge in [-0.2, -0.15) is 0 Å². The van der Waals surface area contributed by atoms with Gasteiger partial charge in [0.1, 0.15) is 11.9 Å². The Morgan fingerprint density at radius 3 is 2.15 bits per heavy atom. The summed E-state index contributed by atoms with van der Waals surface area (Å²) in [6, 6.07) is 14.6. The first-order valence-corrected chi connectivity index (χ1v) is 9.42. The number of hydrogen-bond acceptors (Lipinski definition) is 3. The summed E-state index contributed by atoms with van der Waals surface area (Å²) in [5.41, 5.74) is 3.32. The van der Waals surface area contributed by atoms with Crippen molar-refractivity contribution in [3.05, 3.63) is 71.0 Å². The normalized spacial score (nSPS) is 16.6. The van der Waals surface area contributed by atoms with Gasteiger partial charge in [-0.05, 0) is 44.3 Å². The van der Waals surface area contributed by atoms with E-state index in [1.54, 1.807) is 0 Å². The maximum absolute atomic E-state index is 13.2. The van der Waals surface area contributed by atoms with Crippen LogP contribution in [0.4, 0.5) is 4.39 Å². The number of amides is 1. The molecule has 4 nitrogen and oxygen atoms in total. The van der Waals surface area contributed by atoms with Gasteiger partial charge in [-0.3, -0.25) is 14.6 Å². The van der Waals surface area contributed by atoms with Crippen molar-refractivity contribution < 1.29 is 9.18 Å². The summed E-state index contributed by atoms with van der Waals surface area (Å²) in [6.07, 6.45) is 0. The lowest BCUT2D eigenvalue weighted by Crippen LogP contribution is -2.51. The average Bonchev–Trinajstić information content (AvgIpc) is 2.65. The molecule has 0 bridgehead atoms. The Bertz CT molecular complexity index is 750. The van der Waals surface area contributed by atoms with Crippen LogP contribution in [0.3, 0.4) is 0 Å². The van der Waals surface area contributed by atoms with Gasteiger partial charge in [-0.15, -0.1) is 0 Å². The molecule has 0 N–H and O–H groups in total. The number of piperazine rings is 1. The van der Waals surface area contributed by atoms with Crippen LogP contribution in [0.15, 0.2) is 48.5 Å². The molecule has 144 valence electrons. The van der Waals surface area contributed by atoms with Crippen molar-refractivity contribution in [1.82, 2.24) is 14.7 Å². The van der Waals surface area contributed by atoms with Crippen molar-refractivity contribution in [2.24, 2.45) is 0 Å². The maximum atomic E-state index is 13.2. The molecule has 1 atom stereocenters. The minimum Gasteiger partial charge on any atom is -0.338 e. The molecule has 0 aliphatic carbocycles. The number of hydrogen-bond donors (Lipinski definition) is 0. The molecule has 1 heterocycles. The molecule has 0 spiro atoms. The Morgan fingerprint density at radius 1 is 1.00 bits per heavy atom. The molecular formula is C22H28FN3O. The topological polar surface area (TPSA) is 26.8 Å². The van der Waals surface area contributed by atoms with E-state index in [9.17, 15) is 9.18 Å². The van der Waals surface area contributed by atoms with Crippen LogP contribution in [0, 0.1) is 12.7 Å².